The number of carbonyl (C=O) groups excluding carboxylic acids is 2. The van der Waals surface area contributed by atoms with E-state index in [2.05, 4.69) is 10.6 Å². The van der Waals surface area contributed by atoms with Crippen molar-refractivity contribution in [3.05, 3.63) is 94.8 Å². The Hall–Kier alpha value is -3.47. The van der Waals surface area contributed by atoms with E-state index in [9.17, 15) is 14.0 Å². The zero-order chi connectivity index (χ0) is 19.4. The minimum Gasteiger partial charge on any atom is -0.322 e. The van der Waals surface area contributed by atoms with Gasteiger partial charge in [0, 0.05) is 16.8 Å². The van der Waals surface area contributed by atoms with Crippen LogP contribution in [-0.2, 0) is 0 Å². The van der Waals surface area contributed by atoms with Crippen LogP contribution in [0, 0.1) is 19.7 Å². The second kappa shape index (κ2) is 7.83. The zero-order valence-electron chi connectivity index (χ0n) is 15.0. The second-order valence-electron chi connectivity index (χ2n) is 6.24. The number of carbonyl (C=O) groups is 2. The third-order valence-corrected chi connectivity index (χ3v) is 4.23. The summed E-state index contributed by atoms with van der Waals surface area (Å²) in [5, 5.41) is 5.40. The Balaban J connectivity index is 1.80. The van der Waals surface area contributed by atoms with E-state index in [-0.39, 0.29) is 17.2 Å². The van der Waals surface area contributed by atoms with Gasteiger partial charge in [-0.25, -0.2) is 4.39 Å². The van der Waals surface area contributed by atoms with Gasteiger partial charge in [0.05, 0.1) is 5.69 Å². The summed E-state index contributed by atoms with van der Waals surface area (Å²) in [6, 6.07) is 18.0. The quantitative estimate of drug-likeness (QED) is 0.690. The fourth-order valence-electron chi connectivity index (χ4n) is 2.76. The molecular formula is C22H19FN2O2. The molecule has 0 aromatic heterocycles. The molecule has 136 valence electrons. The summed E-state index contributed by atoms with van der Waals surface area (Å²) in [4.78, 5) is 25.0. The summed E-state index contributed by atoms with van der Waals surface area (Å²) < 4.78 is 13.7. The van der Waals surface area contributed by atoms with Gasteiger partial charge in [-0.1, -0.05) is 36.4 Å². The first-order valence-electron chi connectivity index (χ1n) is 8.49. The van der Waals surface area contributed by atoms with Crippen molar-refractivity contribution in [1.29, 1.82) is 0 Å². The summed E-state index contributed by atoms with van der Waals surface area (Å²) in [5.41, 5.74) is 3.37. The molecular weight excluding hydrogens is 343 g/mol. The van der Waals surface area contributed by atoms with Crippen LogP contribution in [0.25, 0.3) is 0 Å². The lowest BCUT2D eigenvalue weighted by Gasteiger charge is -2.12. The molecule has 4 nitrogen and oxygen atoms in total. The van der Waals surface area contributed by atoms with E-state index < -0.39 is 11.7 Å². The van der Waals surface area contributed by atoms with Gasteiger partial charge in [-0.3, -0.25) is 9.59 Å². The van der Waals surface area contributed by atoms with E-state index >= 15 is 0 Å². The molecule has 0 fully saturated rings. The average molecular weight is 362 g/mol. The highest BCUT2D eigenvalue weighted by molar-refractivity contribution is 6.09. The molecule has 3 rings (SSSR count). The van der Waals surface area contributed by atoms with Crippen LogP contribution in [-0.4, -0.2) is 11.8 Å². The number of anilines is 2. The molecule has 0 unspecified atom stereocenters. The Morgan fingerprint density at radius 2 is 1.30 bits per heavy atom. The van der Waals surface area contributed by atoms with Crippen LogP contribution in [0.15, 0.2) is 66.7 Å². The van der Waals surface area contributed by atoms with Crippen molar-refractivity contribution in [1.82, 2.24) is 0 Å². The van der Waals surface area contributed by atoms with Crippen LogP contribution in [0.4, 0.5) is 15.8 Å². The molecule has 0 saturated heterocycles. The van der Waals surface area contributed by atoms with Gasteiger partial charge >= 0.3 is 0 Å². The largest absolute Gasteiger partial charge is 0.322 e. The van der Waals surface area contributed by atoms with Gasteiger partial charge in [0.2, 0.25) is 0 Å². The topological polar surface area (TPSA) is 58.2 Å². The van der Waals surface area contributed by atoms with Crippen LogP contribution >= 0.6 is 0 Å². The predicted molar refractivity (Wildman–Crippen MR) is 105 cm³/mol. The normalized spacial score (nSPS) is 10.3. The summed E-state index contributed by atoms with van der Waals surface area (Å²) in [5.74, 6) is -1.32. The maximum absolute atomic E-state index is 13.7. The number of hydrogen-bond acceptors (Lipinski definition) is 2. The number of aryl methyl sites for hydroxylation is 2. The summed E-state index contributed by atoms with van der Waals surface area (Å²) in [6.45, 7) is 3.84. The molecule has 5 heteroatoms. The van der Waals surface area contributed by atoms with Gasteiger partial charge in [0.15, 0.2) is 0 Å². The van der Waals surface area contributed by atoms with E-state index in [0.29, 0.717) is 5.56 Å². The Kier molecular flexibility index (Phi) is 5.31. The number of benzene rings is 3. The molecule has 0 aliphatic heterocycles. The molecule has 0 aliphatic rings. The van der Waals surface area contributed by atoms with E-state index in [1.165, 1.54) is 18.2 Å². The van der Waals surface area contributed by atoms with Gasteiger partial charge in [-0.2, -0.15) is 0 Å². The summed E-state index contributed by atoms with van der Waals surface area (Å²) in [6.07, 6.45) is 0. The zero-order valence-corrected chi connectivity index (χ0v) is 15.0. The van der Waals surface area contributed by atoms with E-state index in [0.717, 1.165) is 16.8 Å². The third kappa shape index (κ3) is 4.20. The van der Waals surface area contributed by atoms with Crippen LogP contribution in [0.1, 0.15) is 31.8 Å². The highest BCUT2D eigenvalue weighted by Gasteiger charge is 2.13. The Bertz CT molecular complexity index is 994. The molecule has 2 N–H and O–H groups in total. The highest BCUT2D eigenvalue weighted by atomic mass is 19.1. The third-order valence-electron chi connectivity index (χ3n) is 4.23. The van der Waals surface area contributed by atoms with Crippen molar-refractivity contribution in [2.45, 2.75) is 13.8 Å². The fourth-order valence-corrected chi connectivity index (χ4v) is 2.76. The molecule has 0 saturated carbocycles. The van der Waals surface area contributed by atoms with Gasteiger partial charge in [-0.05, 0) is 55.3 Å². The first-order valence-corrected chi connectivity index (χ1v) is 8.49. The maximum atomic E-state index is 13.7. The van der Waals surface area contributed by atoms with Gasteiger partial charge in [0.25, 0.3) is 11.8 Å². The molecule has 0 radical (unpaired) electrons. The predicted octanol–water partition coefficient (Wildman–Crippen LogP) is 4.95. The molecule has 0 spiro atoms. The molecule has 2 amide bonds. The molecule has 0 aliphatic carbocycles. The Morgan fingerprint density at radius 3 is 1.93 bits per heavy atom. The molecule has 3 aromatic carbocycles. The standard InChI is InChI=1S/C22H19FN2O2/c1-14-7-5-8-15(2)20(14)25-22(27)17-10-6-9-16(13-17)21(26)24-19-12-4-3-11-18(19)23/h3-13H,1-2H3,(H,24,26)(H,25,27). The highest BCUT2D eigenvalue weighted by Crippen LogP contribution is 2.21. The van der Waals surface area contributed by atoms with Crippen LogP contribution in [0.5, 0.6) is 0 Å². The number of nitrogens with one attached hydrogen (secondary N) is 2. The van der Waals surface area contributed by atoms with Crippen molar-refractivity contribution in [2.75, 3.05) is 10.6 Å². The lowest BCUT2D eigenvalue weighted by Crippen LogP contribution is -2.16. The maximum Gasteiger partial charge on any atom is 0.255 e. The van der Waals surface area contributed by atoms with Gasteiger partial charge < -0.3 is 10.6 Å². The average Bonchev–Trinajstić information content (AvgIpc) is 2.66. The number of para-hydroxylation sites is 2. The Morgan fingerprint density at radius 1 is 0.741 bits per heavy atom. The molecule has 3 aromatic rings. The summed E-state index contributed by atoms with van der Waals surface area (Å²) >= 11 is 0. The van der Waals surface area contributed by atoms with E-state index in [4.69, 9.17) is 0 Å². The fraction of sp³-hybridized carbons (Fsp3) is 0.0909. The Labute approximate surface area is 157 Å². The van der Waals surface area contributed by atoms with Crippen molar-refractivity contribution >= 4 is 23.2 Å². The molecule has 27 heavy (non-hydrogen) atoms. The van der Waals surface area contributed by atoms with Gasteiger partial charge in [-0.15, -0.1) is 0 Å². The SMILES string of the molecule is Cc1cccc(C)c1NC(=O)c1cccc(C(=O)Nc2ccccc2F)c1. The number of halogens is 1. The monoisotopic (exact) mass is 362 g/mol. The number of rotatable bonds is 4. The lowest BCUT2D eigenvalue weighted by atomic mass is 10.1. The molecule has 0 heterocycles. The smallest absolute Gasteiger partial charge is 0.255 e. The number of hydrogen-bond donors (Lipinski definition) is 2. The summed E-state index contributed by atoms with van der Waals surface area (Å²) in [7, 11) is 0. The lowest BCUT2D eigenvalue weighted by molar-refractivity contribution is 0.102. The minimum atomic E-state index is -0.519. The molecule has 0 atom stereocenters. The van der Waals surface area contributed by atoms with Crippen LogP contribution in [0.2, 0.25) is 0 Å². The van der Waals surface area contributed by atoms with Gasteiger partial charge in [0.1, 0.15) is 5.82 Å². The molecule has 0 bridgehead atoms. The second-order valence-corrected chi connectivity index (χ2v) is 6.24. The minimum absolute atomic E-state index is 0.0906. The van der Waals surface area contributed by atoms with E-state index in [1.54, 1.807) is 30.3 Å². The van der Waals surface area contributed by atoms with Crippen molar-refractivity contribution in [3.8, 4) is 0 Å². The van der Waals surface area contributed by atoms with Crippen LogP contribution < -0.4 is 10.6 Å². The first-order chi connectivity index (χ1) is 13.0. The van der Waals surface area contributed by atoms with Crippen molar-refractivity contribution in [3.63, 3.8) is 0 Å². The van der Waals surface area contributed by atoms with Crippen molar-refractivity contribution < 1.29 is 14.0 Å². The first kappa shape index (κ1) is 18.3. The number of amides is 2. The van der Waals surface area contributed by atoms with E-state index in [1.807, 2.05) is 32.0 Å². The van der Waals surface area contributed by atoms with Crippen LogP contribution in [0.3, 0.4) is 0 Å². The van der Waals surface area contributed by atoms with Crippen molar-refractivity contribution in [2.24, 2.45) is 0 Å².